The Morgan fingerprint density at radius 3 is 2.39 bits per heavy atom. The van der Waals surface area contributed by atoms with Crippen molar-refractivity contribution in [2.75, 3.05) is 17.7 Å². The summed E-state index contributed by atoms with van der Waals surface area (Å²) in [5.74, 6) is 0.399. The quantitative estimate of drug-likeness (QED) is 0.823. The van der Waals surface area contributed by atoms with Crippen LogP contribution in [0.25, 0.3) is 0 Å². The normalized spacial score (nSPS) is 11.1. The number of nitrogen functional groups attached to an aromatic ring is 1. The van der Waals surface area contributed by atoms with Gasteiger partial charge < -0.3 is 15.8 Å². The van der Waals surface area contributed by atoms with Crippen molar-refractivity contribution < 1.29 is 9.53 Å². The molecule has 5 heteroatoms. The Balaban J connectivity index is 1.90. The number of nitrogens with two attached hydrogens (primary N) is 1. The molecule has 1 amide bonds. The van der Waals surface area contributed by atoms with E-state index in [0.717, 1.165) is 0 Å². The lowest BCUT2D eigenvalue weighted by molar-refractivity contribution is -0.118. The van der Waals surface area contributed by atoms with Crippen LogP contribution in [0.1, 0.15) is 26.3 Å². The number of amides is 1. The number of anilines is 2. The van der Waals surface area contributed by atoms with Crippen molar-refractivity contribution in [1.29, 1.82) is 0 Å². The zero-order chi connectivity index (χ0) is 17.0. The number of halogens is 1. The van der Waals surface area contributed by atoms with E-state index in [2.05, 4.69) is 26.1 Å². The lowest BCUT2D eigenvalue weighted by Gasteiger charge is -2.19. The molecule has 2 rings (SSSR count). The predicted molar refractivity (Wildman–Crippen MR) is 95.1 cm³/mol. The third-order valence-electron chi connectivity index (χ3n) is 3.37. The van der Waals surface area contributed by atoms with Gasteiger partial charge in [0.1, 0.15) is 5.75 Å². The van der Waals surface area contributed by atoms with Gasteiger partial charge in [-0.3, -0.25) is 4.79 Å². The van der Waals surface area contributed by atoms with Gasteiger partial charge in [0.2, 0.25) is 0 Å². The SMILES string of the molecule is CC(C)(C)c1ccc(OCC(=O)Nc2ccc(Cl)c(N)c2)cc1. The van der Waals surface area contributed by atoms with Crippen molar-refractivity contribution >= 4 is 28.9 Å². The molecule has 0 bridgehead atoms. The van der Waals surface area contributed by atoms with Crippen molar-refractivity contribution in [3.8, 4) is 5.75 Å². The van der Waals surface area contributed by atoms with Crippen LogP contribution in [0.5, 0.6) is 5.75 Å². The second-order valence-corrected chi connectivity index (χ2v) is 6.75. The van der Waals surface area contributed by atoms with Crippen LogP contribution in [0.3, 0.4) is 0 Å². The van der Waals surface area contributed by atoms with Gasteiger partial charge in [-0.15, -0.1) is 0 Å². The molecule has 3 N–H and O–H groups in total. The molecule has 23 heavy (non-hydrogen) atoms. The van der Waals surface area contributed by atoms with E-state index in [1.54, 1.807) is 18.2 Å². The molecule has 122 valence electrons. The van der Waals surface area contributed by atoms with Crippen molar-refractivity contribution in [3.63, 3.8) is 0 Å². The molecule has 0 atom stereocenters. The van der Waals surface area contributed by atoms with Crippen molar-refractivity contribution in [2.24, 2.45) is 0 Å². The first-order chi connectivity index (χ1) is 10.8. The van der Waals surface area contributed by atoms with Gasteiger partial charge in [0.15, 0.2) is 6.61 Å². The maximum absolute atomic E-state index is 11.9. The third-order valence-corrected chi connectivity index (χ3v) is 3.71. The highest BCUT2D eigenvalue weighted by molar-refractivity contribution is 6.33. The first kappa shape index (κ1) is 17.2. The summed E-state index contributed by atoms with van der Waals surface area (Å²) in [7, 11) is 0. The van der Waals surface area contributed by atoms with Crippen LogP contribution >= 0.6 is 11.6 Å². The summed E-state index contributed by atoms with van der Waals surface area (Å²) in [5, 5.41) is 3.17. The van der Waals surface area contributed by atoms with E-state index in [-0.39, 0.29) is 17.9 Å². The van der Waals surface area contributed by atoms with Crippen LogP contribution in [0.2, 0.25) is 5.02 Å². The molecule has 0 heterocycles. The lowest BCUT2D eigenvalue weighted by Crippen LogP contribution is -2.20. The van der Waals surface area contributed by atoms with Gasteiger partial charge >= 0.3 is 0 Å². The number of ether oxygens (including phenoxy) is 1. The Kier molecular flexibility index (Phi) is 5.16. The summed E-state index contributed by atoms with van der Waals surface area (Å²) in [5.41, 5.74) is 8.00. The number of hydrogen-bond donors (Lipinski definition) is 2. The molecule has 0 aliphatic carbocycles. The largest absolute Gasteiger partial charge is 0.484 e. The van der Waals surface area contributed by atoms with Crippen LogP contribution in [-0.4, -0.2) is 12.5 Å². The Bertz CT molecular complexity index is 691. The number of nitrogens with one attached hydrogen (secondary N) is 1. The van der Waals surface area contributed by atoms with E-state index in [9.17, 15) is 4.79 Å². The topological polar surface area (TPSA) is 64.3 Å². The van der Waals surface area contributed by atoms with Gasteiger partial charge in [0, 0.05) is 5.69 Å². The summed E-state index contributed by atoms with van der Waals surface area (Å²) < 4.78 is 5.49. The zero-order valence-corrected chi connectivity index (χ0v) is 14.3. The number of rotatable bonds is 4. The molecular formula is C18H21ClN2O2. The van der Waals surface area contributed by atoms with Crippen LogP contribution < -0.4 is 15.8 Å². The number of carbonyl (C=O) groups is 1. The van der Waals surface area contributed by atoms with Crippen LogP contribution in [0, 0.1) is 0 Å². The third kappa shape index (κ3) is 4.89. The molecule has 0 aliphatic heterocycles. The van der Waals surface area contributed by atoms with Gasteiger partial charge in [-0.1, -0.05) is 44.5 Å². The fourth-order valence-corrected chi connectivity index (χ4v) is 2.14. The predicted octanol–water partition coefficient (Wildman–Crippen LogP) is 4.24. The van der Waals surface area contributed by atoms with E-state index < -0.39 is 0 Å². The second-order valence-electron chi connectivity index (χ2n) is 6.35. The maximum Gasteiger partial charge on any atom is 0.262 e. The minimum Gasteiger partial charge on any atom is -0.484 e. The number of hydrogen-bond acceptors (Lipinski definition) is 3. The second kappa shape index (κ2) is 6.92. The number of benzene rings is 2. The van der Waals surface area contributed by atoms with Gasteiger partial charge in [0.25, 0.3) is 5.91 Å². The highest BCUT2D eigenvalue weighted by atomic mass is 35.5. The smallest absolute Gasteiger partial charge is 0.262 e. The Labute approximate surface area is 141 Å². The van der Waals surface area contributed by atoms with Crippen LogP contribution in [0.15, 0.2) is 42.5 Å². The molecule has 4 nitrogen and oxygen atoms in total. The van der Waals surface area contributed by atoms with E-state index in [0.29, 0.717) is 22.1 Å². The standard InChI is InChI=1S/C18H21ClN2O2/c1-18(2,3)12-4-7-14(8-5-12)23-11-17(22)21-13-6-9-15(19)16(20)10-13/h4-10H,11,20H2,1-3H3,(H,21,22). The van der Waals surface area contributed by atoms with E-state index >= 15 is 0 Å². The van der Waals surface area contributed by atoms with Gasteiger partial charge in [-0.2, -0.15) is 0 Å². The van der Waals surface area contributed by atoms with Crippen LogP contribution in [-0.2, 0) is 10.2 Å². The van der Waals surface area contributed by atoms with E-state index in [1.807, 2.05) is 24.3 Å². The number of carbonyl (C=O) groups excluding carboxylic acids is 1. The Hall–Kier alpha value is -2.20. The first-order valence-corrected chi connectivity index (χ1v) is 7.72. The summed E-state index contributed by atoms with van der Waals surface area (Å²) in [6.45, 7) is 6.37. The summed E-state index contributed by atoms with van der Waals surface area (Å²) >= 11 is 5.84. The minimum absolute atomic E-state index is 0.0720. The monoisotopic (exact) mass is 332 g/mol. The molecule has 0 saturated carbocycles. The van der Waals surface area contributed by atoms with Crippen LogP contribution in [0.4, 0.5) is 11.4 Å². The molecule has 2 aromatic rings. The molecule has 0 spiro atoms. The first-order valence-electron chi connectivity index (χ1n) is 7.34. The molecule has 0 fully saturated rings. The molecule has 0 radical (unpaired) electrons. The summed E-state index contributed by atoms with van der Waals surface area (Å²) in [4.78, 5) is 11.9. The van der Waals surface area contributed by atoms with Crippen molar-refractivity contribution in [1.82, 2.24) is 0 Å². The summed E-state index contributed by atoms with van der Waals surface area (Å²) in [6, 6.07) is 12.7. The Morgan fingerprint density at radius 2 is 1.83 bits per heavy atom. The minimum atomic E-state index is -0.258. The van der Waals surface area contributed by atoms with Crippen molar-refractivity contribution in [3.05, 3.63) is 53.1 Å². The van der Waals surface area contributed by atoms with Gasteiger partial charge in [-0.05, 0) is 41.3 Å². The average molecular weight is 333 g/mol. The molecule has 0 aliphatic rings. The zero-order valence-electron chi connectivity index (χ0n) is 13.5. The lowest BCUT2D eigenvalue weighted by atomic mass is 9.87. The fraction of sp³-hybridized carbons (Fsp3) is 0.278. The Morgan fingerprint density at radius 1 is 1.17 bits per heavy atom. The fourth-order valence-electron chi connectivity index (χ4n) is 2.02. The van der Waals surface area contributed by atoms with E-state index in [4.69, 9.17) is 22.1 Å². The van der Waals surface area contributed by atoms with Gasteiger partial charge in [-0.25, -0.2) is 0 Å². The maximum atomic E-state index is 11.9. The van der Waals surface area contributed by atoms with Gasteiger partial charge in [0.05, 0.1) is 10.7 Å². The summed E-state index contributed by atoms with van der Waals surface area (Å²) in [6.07, 6.45) is 0. The molecular weight excluding hydrogens is 312 g/mol. The highest BCUT2D eigenvalue weighted by Crippen LogP contribution is 2.24. The molecule has 0 saturated heterocycles. The van der Waals surface area contributed by atoms with Crippen molar-refractivity contribution in [2.45, 2.75) is 26.2 Å². The molecule has 2 aromatic carbocycles. The molecule has 0 aromatic heterocycles. The average Bonchev–Trinajstić information content (AvgIpc) is 2.48. The molecule has 0 unspecified atom stereocenters. The van der Waals surface area contributed by atoms with E-state index in [1.165, 1.54) is 5.56 Å². The highest BCUT2D eigenvalue weighted by Gasteiger charge is 2.13.